The van der Waals surface area contributed by atoms with Crippen molar-refractivity contribution in [1.82, 2.24) is 9.55 Å². The first-order chi connectivity index (χ1) is 18.1. The summed E-state index contributed by atoms with van der Waals surface area (Å²) in [5, 5.41) is 4.01. The van der Waals surface area contributed by atoms with Gasteiger partial charge >= 0.3 is 0 Å². The molecule has 0 spiro atoms. The number of amides is 1. The molecule has 5 rings (SSSR count). The van der Waals surface area contributed by atoms with Gasteiger partial charge < -0.3 is 15.0 Å². The second-order valence-corrected chi connectivity index (χ2v) is 10.0. The third-order valence-electron chi connectivity index (χ3n) is 6.49. The van der Waals surface area contributed by atoms with Gasteiger partial charge in [-0.2, -0.15) is 0 Å². The van der Waals surface area contributed by atoms with Crippen molar-refractivity contribution in [3.63, 3.8) is 0 Å². The minimum atomic E-state index is -0.181. The van der Waals surface area contributed by atoms with E-state index in [0.29, 0.717) is 34.0 Å². The van der Waals surface area contributed by atoms with Gasteiger partial charge in [-0.25, -0.2) is 4.98 Å². The molecule has 0 radical (unpaired) electrons. The van der Waals surface area contributed by atoms with Gasteiger partial charge in [0.1, 0.15) is 5.75 Å². The van der Waals surface area contributed by atoms with Crippen molar-refractivity contribution >= 4 is 39.9 Å². The lowest BCUT2D eigenvalue weighted by molar-refractivity contribution is -0.113. The second kappa shape index (κ2) is 11.5. The van der Waals surface area contributed by atoms with Crippen LogP contribution in [0.15, 0.2) is 82.7 Å². The summed E-state index contributed by atoms with van der Waals surface area (Å²) in [6.07, 6.45) is 3.59. The van der Waals surface area contributed by atoms with Gasteiger partial charge in [0.25, 0.3) is 5.56 Å². The Hall–Kier alpha value is -3.78. The first-order valence-corrected chi connectivity index (χ1v) is 13.5. The quantitative estimate of drug-likeness (QED) is 0.258. The number of benzene rings is 3. The third-order valence-corrected chi connectivity index (χ3v) is 7.47. The number of fused-ring (bicyclic) bond motifs is 1. The number of aromatic nitrogens is 2. The van der Waals surface area contributed by atoms with Gasteiger partial charge in [-0.1, -0.05) is 48.2 Å². The number of hydrogen-bond acceptors (Lipinski definition) is 6. The molecule has 1 fully saturated rings. The molecule has 7 nitrogen and oxygen atoms in total. The van der Waals surface area contributed by atoms with E-state index in [9.17, 15) is 9.59 Å². The number of carbonyl (C=O) groups is 1. The van der Waals surface area contributed by atoms with Crippen molar-refractivity contribution in [1.29, 1.82) is 0 Å². The number of nitrogens with zero attached hydrogens (tertiary/aromatic N) is 3. The molecule has 0 aliphatic carbocycles. The number of thioether (sulfide) groups is 1. The zero-order valence-electron chi connectivity index (χ0n) is 20.9. The van der Waals surface area contributed by atoms with Crippen molar-refractivity contribution < 1.29 is 9.53 Å². The number of nitrogens with one attached hydrogen (secondary N) is 1. The molecule has 8 heteroatoms. The number of anilines is 2. The van der Waals surface area contributed by atoms with E-state index in [1.807, 2.05) is 66.7 Å². The van der Waals surface area contributed by atoms with Gasteiger partial charge in [0.05, 0.1) is 30.3 Å². The summed E-state index contributed by atoms with van der Waals surface area (Å²) in [5.41, 5.74) is 3.27. The molecule has 0 atom stereocenters. The molecule has 190 valence electrons. The Morgan fingerprint density at radius 3 is 2.59 bits per heavy atom. The number of methoxy groups -OCH3 is 1. The van der Waals surface area contributed by atoms with Crippen molar-refractivity contribution in [3.05, 3.63) is 88.7 Å². The number of rotatable bonds is 8. The lowest BCUT2D eigenvalue weighted by atomic mass is 10.1. The van der Waals surface area contributed by atoms with E-state index >= 15 is 0 Å². The summed E-state index contributed by atoms with van der Waals surface area (Å²) in [5.74, 6) is 0.608. The minimum absolute atomic E-state index is 0.0941. The molecule has 0 saturated carbocycles. The van der Waals surface area contributed by atoms with Gasteiger partial charge in [-0.15, -0.1) is 0 Å². The summed E-state index contributed by atoms with van der Waals surface area (Å²) in [7, 11) is 1.59. The maximum atomic E-state index is 13.8. The van der Waals surface area contributed by atoms with Crippen LogP contribution in [0.25, 0.3) is 10.9 Å². The van der Waals surface area contributed by atoms with Crippen LogP contribution in [0.4, 0.5) is 11.4 Å². The van der Waals surface area contributed by atoms with Crippen LogP contribution in [0.3, 0.4) is 0 Å². The standard InChI is InChI=1S/C29H30N4O3S/c1-36-24-12-8-11-22(17-24)30-27(34)20-37-29-31-26-14-13-23(32-15-6-3-7-16-32)18-25(26)28(35)33(29)19-21-9-4-2-5-10-21/h2,4-5,8-14,17-18H,3,6-7,15-16,19-20H2,1H3,(H,30,34). The average molecular weight is 515 g/mol. The topological polar surface area (TPSA) is 76.5 Å². The van der Waals surface area contributed by atoms with Crippen LogP contribution < -0.4 is 20.5 Å². The summed E-state index contributed by atoms with van der Waals surface area (Å²) < 4.78 is 6.91. The largest absolute Gasteiger partial charge is 0.497 e. The van der Waals surface area contributed by atoms with Gasteiger partial charge in [0, 0.05) is 30.5 Å². The van der Waals surface area contributed by atoms with E-state index < -0.39 is 0 Å². The Bertz CT molecular complexity index is 1450. The third kappa shape index (κ3) is 5.97. The Kier molecular flexibility index (Phi) is 7.75. The average Bonchev–Trinajstić information content (AvgIpc) is 2.94. The molecule has 2 heterocycles. The molecule has 1 aliphatic rings. The van der Waals surface area contributed by atoms with Crippen molar-refractivity contribution in [2.45, 2.75) is 31.0 Å². The van der Waals surface area contributed by atoms with E-state index in [-0.39, 0.29) is 17.2 Å². The SMILES string of the molecule is COc1cccc(NC(=O)CSc2nc3ccc(N4CCCCC4)cc3c(=O)n2Cc2ccccc2)c1. The monoisotopic (exact) mass is 514 g/mol. The maximum Gasteiger partial charge on any atom is 0.262 e. The fraction of sp³-hybridized carbons (Fsp3) is 0.276. The van der Waals surface area contributed by atoms with E-state index in [1.165, 1.54) is 31.0 Å². The second-order valence-electron chi connectivity index (χ2n) is 9.09. The number of carbonyl (C=O) groups excluding carboxylic acids is 1. The highest BCUT2D eigenvalue weighted by atomic mass is 32.2. The Morgan fingerprint density at radius 2 is 1.81 bits per heavy atom. The van der Waals surface area contributed by atoms with E-state index in [4.69, 9.17) is 9.72 Å². The first kappa shape index (κ1) is 24.9. The highest BCUT2D eigenvalue weighted by Crippen LogP contribution is 2.25. The predicted molar refractivity (Wildman–Crippen MR) is 150 cm³/mol. The van der Waals surface area contributed by atoms with E-state index in [2.05, 4.69) is 10.2 Å². The normalized spacial score (nSPS) is 13.5. The molecule has 4 aromatic rings. The smallest absolute Gasteiger partial charge is 0.262 e. The van der Waals surface area contributed by atoms with Gasteiger partial charge in [0.15, 0.2) is 5.16 Å². The molecule has 3 aromatic carbocycles. The molecular weight excluding hydrogens is 484 g/mol. The van der Waals surface area contributed by atoms with Crippen LogP contribution in [-0.4, -0.2) is 41.4 Å². The molecule has 1 amide bonds. The molecule has 1 aromatic heterocycles. The summed E-state index contributed by atoms with van der Waals surface area (Å²) >= 11 is 1.26. The maximum absolute atomic E-state index is 13.8. The van der Waals surface area contributed by atoms with Crippen molar-refractivity contribution in [2.75, 3.05) is 36.2 Å². The van der Waals surface area contributed by atoms with Crippen molar-refractivity contribution in [2.24, 2.45) is 0 Å². The molecule has 0 bridgehead atoms. The Morgan fingerprint density at radius 1 is 1.00 bits per heavy atom. The molecule has 1 aliphatic heterocycles. The first-order valence-electron chi connectivity index (χ1n) is 12.5. The highest BCUT2D eigenvalue weighted by molar-refractivity contribution is 7.99. The predicted octanol–water partition coefficient (Wildman–Crippen LogP) is 5.17. The van der Waals surface area contributed by atoms with Crippen LogP contribution >= 0.6 is 11.8 Å². The van der Waals surface area contributed by atoms with Gasteiger partial charge in [0.2, 0.25) is 5.91 Å². The Balaban J connectivity index is 1.44. The van der Waals surface area contributed by atoms with E-state index in [1.54, 1.807) is 17.7 Å². The fourth-order valence-electron chi connectivity index (χ4n) is 4.58. The number of hydrogen-bond donors (Lipinski definition) is 1. The number of piperidine rings is 1. The molecule has 1 saturated heterocycles. The zero-order chi connectivity index (χ0) is 25.6. The molecule has 1 N–H and O–H groups in total. The zero-order valence-corrected chi connectivity index (χ0v) is 21.7. The summed E-state index contributed by atoms with van der Waals surface area (Å²) in [6.45, 7) is 2.40. The highest BCUT2D eigenvalue weighted by Gasteiger charge is 2.17. The van der Waals surface area contributed by atoms with Crippen LogP contribution in [0.1, 0.15) is 24.8 Å². The summed E-state index contributed by atoms with van der Waals surface area (Å²) in [4.78, 5) is 33.7. The number of ether oxygens (including phenoxy) is 1. The lowest BCUT2D eigenvalue weighted by Gasteiger charge is -2.29. The van der Waals surface area contributed by atoms with Crippen LogP contribution in [0, 0.1) is 0 Å². The van der Waals surface area contributed by atoms with Crippen LogP contribution in [0.2, 0.25) is 0 Å². The Labute approximate surface area is 220 Å². The molecule has 37 heavy (non-hydrogen) atoms. The van der Waals surface area contributed by atoms with Crippen LogP contribution in [-0.2, 0) is 11.3 Å². The summed E-state index contributed by atoms with van der Waals surface area (Å²) in [6, 6.07) is 23.0. The van der Waals surface area contributed by atoms with E-state index in [0.717, 1.165) is 24.3 Å². The van der Waals surface area contributed by atoms with Crippen molar-refractivity contribution in [3.8, 4) is 5.75 Å². The van der Waals surface area contributed by atoms with Gasteiger partial charge in [-0.3, -0.25) is 14.2 Å². The van der Waals surface area contributed by atoms with Gasteiger partial charge in [-0.05, 0) is 55.2 Å². The molecule has 0 unspecified atom stereocenters. The minimum Gasteiger partial charge on any atom is -0.497 e. The fourth-order valence-corrected chi connectivity index (χ4v) is 5.38. The van der Waals surface area contributed by atoms with Crippen LogP contribution in [0.5, 0.6) is 5.75 Å². The lowest BCUT2D eigenvalue weighted by Crippen LogP contribution is -2.30. The molecular formula is C29H30N4O3S.